The molecule has 1 aliphatic rings. The van der Waals surface area contributed by atoms with E-state index in [0.717, 1.165) is 31.7 Å². The molecule has 0 radical (unpaired) electrons. The molecular weight excluding hydrogens is 358 g/mol. The summed E-state index contributed by atoms with van der Waals surface area (Å²) in [4.78, 5) is 2.18. The van der Waals surface area contributed by atoms with E-state index in [1.54, 1.807) is 17.7 Å². The van der Waals surface area contributed by atoms with Gasteiger partial charge in [0.05, 0.1) is 6.61 Å². The van der Waals surface area contributed by atoms with Crippen molar-refractivity contribution in [2.24, 2.45) is 5.92 Å². The molecule has 0 atom stereocenters. The van der Waals surface area contributed by atoms with Crippen molar-refractivity contribution in [3.8, 4) is 11.5 Å². The van der Waals surface area contributed by atoms with E-state index >= 15 is 0 Å². The summed E-state index contributed by atoms with van der Waals surface area (Å²) in [6.07, 6.45) is 7.32. The monoisotopic (exact) mass is 393 g/mol. The van der Waals surface area contributed by atoms with E-state index in [1.165, 1.54) is 42.4 Å². The molecule has 156 valence electrons. The number of rotatable bonds is 9. The molecule has 1 saturated carbocycles. The van der Waals surface area contributed by atoms with Crippen molar-refractivity contribution in [3.05, 3.63) is 65.2 Å². The third kappa shape index (κ3) is 5.86. The molecule has 0 bridgehead atoms. The van der Waals surface area contributed by atoms with E-state index in [9.17, 15) is 5.11 Å². The summed E-state index contributed by atoms with van der Waals surface area (Å²) >= 11 is 0. The Bertz CT molecular complexity index is 784. The van der Waals surface area contributed by atoms with E-state index < -0.39 is 0 Å². The van der Waals surface area contributed by atoms with Gasteiger partial charge in [-0.2, -0.15) is 0 Å². The van der Waals surface area contributed by atoms with Crippen LogP contribution in [0.1, 0.15) is 56.6 Å². The first kappa shape index (κ1) is 21.4. The molecule has 0 aromatic heterocycles. The summed E-state index contributed by atoms with van der Waals surface area (Å²) in [7, 11) is 4.17. The van der Waals surface area contributed by atoms with E-state index in [4.69, 9.17) is 4.74 Å². The molecule has 29 heavy (non-hydrogen) atoms. The van der Waals surface area contributed by atoms with Crippen molar-refractivity contribution in [1.29, 1.82) is 0 Å². The summed E-state index contributed by atoms with van der Waals surface area (Å²) < 4.78 is 5.92. The van der Waals surface area contributed by atoms with Crippen LogP contribution in [-0.4, -0.2) is 37.3 Å². The van der Waals surface area contributed by atoms with Gasteiger partial charge in [0.15, 0.2) is 0 Å². The number of hydrogen-bond donors (Lipinski definition) is 1. The molecule has 3 rings (SSSR count). The predicted octanol–water partition coefficient (Wildman–Crippen LogP) is 6.12. The molecule has 2 aromatic rings. The summed E-state index contributed by atoms with van der Waals surface area (Å²) in [5, 5.41) is 9.75. The fourth-order valence-corrected chi connectivity index (χ4v) is 4.40. The van der Waals surface area contributed by atoms with Crippen molar-refractivity contribution < 1.29 is 9.84 Å². The van der Waals surface area contributed by atoms with E-state index in [0.29, 0.717) is 11.7 Å². The van der Waals surface area contributed by atoms with Crippen molar-refractivity contribution in [3.63, 3.8) is 0 Å². The van der Waals surface area contributed by atoms with Gasteiger partial charge in [0.2, 0.25) is 0 Å². The number of nitrogens with zero attached hydrogens (tertiary/aromatic N) is 1. The van der Waals surface area contributed by atoms with Gasteiger partial charge in [0, 0.05) is 6.54 Å². The van der Waals surface area contributed by atoms with Gasteiger partial charge < -0.3 is 14.7 Å². The van der Waals surface area contributed by atoms with Crippen LogP contribution in [0.15, 0.2) is 54.1 Å². The molecule has 0 saturated heterocycles. The lowest BCUT2D eigenvalue weighted by Gasteiger charge is -2.21. The lowest BCUT2D eigenvalue weighted by Crippen LogP contribution is -2.15. The highest BCUT2D eigenvalue weighted by Crippen LogP contribution is 2.40. The molecule has 1 aliphatic carbocycles. The van der Waals surface area contributed by atoms with Crippen LogP contribution in [0.3, 0.4) is 0 Å². The first-order valence-electron chi connectivity index (χ1n) is 11.0. The minimum absolute atomic E-state index is 0.313. The van der Waals surface area contributed by atoms with E-state index in [-0.39, 0.29) is 0 Å². The zero-order valence-electron chi connectivity index (χ0n) is 18.2. The fourth-order valence-electron chi connectivity index (χ4n) is 4.40. The maximum Gasteiger partial charge on any atom is 0.119 e. The number of phenolic OH excluding ortho intramolecular Hbond substituents is 1. The van der Waals surface area contributed by atoms with Gasteiger partial charge in [0.1, 0.15) is 11.5 Å². The Labute approximate surface area is 176 Å². The second kappa shape index (κ2) is 10.5. The van der Waals surface area contributed by atoms with Gasteiger partial charge in [-0.1, -0.05) is 49.6 Å². The second-order valence-electron chi connectivity index (χ2n) is 8.31. The van der Waals surface area contributed by atoms with Crippen LogP contribution in [0.5, 0.6) is 11.5 Å². The number of ether oxygens (including phenoxy) is 1. The third-order valence-corrected chi connectivity index (χ3v) is 5.87. The number of aromatic hydroxyl groups is 1. The predicted molar refractivity (Wildman–Crippen MR) is 121 cm³/mol. The maximum absolute atomic E-state index is 9.75. The maximum atomic E-state index is 9.75. The van der Waals surface area contributed by atoms with Crippen molar-refractivity contribution in [2.45, 2.75) is 45.4 Å². The summed E-state index contributed by atoms with van der Waals surface area (Å²) in [5.74, 6) is 1.91. The van der Waals surface area contributed by atoms with Gasteiger partial charge in [-0.3, -0.25) is 0 Å². The molecule has 3 nitrogen and oxygen atoms in total. The van der Waals surface area contributed by atoms with Crippen LogP contribution in [0, 0.1) is 5.92 Å². The van der Waals surface area contributed by atoms with E-state index in [1.807, 2.05) is 12.1 Å². The van der Waals surface area contributed by atoms with Crippen LogP contribution >= 0.6 is 0 Å². The molecule has 0 amide bonds. The summed E-state index contributed by atoms with van der Waals surface area (Å²) in [5.41, 5.74) is 5.30. The number of benzene rings is 2. The zero-order chi connectivity index (χ0) is 20.6. The Hall–Kier alpha value is -2.26. The number of allylic oxidation sites excluding steroid dienone is 1. The normalized spacial score (nSPS) is 15.6. The lowest BCUT2D eigenvalue weighted by atomic mass is 9.84. The summed E-state index contributed by atoms with van der Waals surface area (Å²) in [6.45, 7) is 4.05. The SMILES string of the molecule is CC/C(=C(\c1ccc(O)cc1)c1ccc(OCCCN(C)C)cc1)C1CCCC1. The second-order valence-corrected chi connectivity index (χ2v) is 8.31. The van der Waals surface area contributed by atoms with Crippen LogP contribution in [0.25, 0.3) is 5.57 Å². The molecule has 1 fully saturated rings. The van der Waals surface area contributed by atoms with Crippen LogP contribution < -0.4 is 4.74 Å². The summed E-state index contributed by atoms with van der Waals surface area (Å²) in [6, 6.07) is 16.2. The molecule has 0 unspecified atom stereocenters. The standard InChI is InChI=1S/C26H35NO2/c1-4-25(20-8-5-6-9-20)26(21-10-14-23(28)15-11-21)22-12-16-24(17-13-22)29-19-7-18-27(2)3/h10-17,20,28H,4-9,18-19H2,1-3H3/b26-25-. The van der Waals surface area contributed by atoms with Crippen LogP contribution in [0.4, 0.5) is 0 Å². The zero-order valence-corrected chi connectivity index (χ0v) is 18.2. The highest BCUT2D eigenvalue weighted by Gasteiger charge is 2.22. The average Bonchev–Trinajstić information content (AvgIpc) is 3.25. The van der Waals surface area contributed by atoms with Gasteiger partial charge >= 0.3 is 0 Å². The minimum Gasteiger partial charge on any atom is -0.508 e. The van der Waals surface area contributed by atoms with Crippen molar-refractivity contribution in [2.75, 3.05) is 27.2 Å². The minimum atomic E-state index is 0.313. The average molecular weight is 394 g/mol. The Balaban J connectivity index is 1.87. The molecule has 1 N–H and O–H groups in total. The Morgan fingerprint density at radius 3 is 2.10 bits per heavy atom. The van der Waals surface area contributed by atoms with Crippen molar-refractivity contribution >= 4 is 5.57 Å². The highest BCUT2D eigenvalue weighted by molar-refractivity contribution is 5.82. The van der Waals surface area contributed by atoms with Gasteiger partial charge in [-0.15, -0.1) is 0 Å². The lowest BCUT2D eigenvalue weighted by molar-refractivity contribution is 0.281. The molecule has 0 aliphatic heterocycles. The molecule has 2 aromatic carbocycles. The smallest absolute Gasteiger partial charge is 0.119 e. The Morgan fingerprint density at radius 1 is 0.966 bits per heavy atom. The number of phenols is 1. The first-order valence-corrected chi connectivity index (χ1v) is 11.0. The topological polar surface area (TPSA) is 32.7 Å². The fraction of sp³-hybridized carbons (Fsp3) is 0.462. The van der Waals surface area contributed by atoms with Gasteiger partial charge in [-0.25, -0.2) is 0 Å². The number of hydrogen-bond acceptors (Lipinski definition) is 3. The third-order valence-electron chi connectivity index (χ3n) is 5.87. The Kier molecular flexibility index (Phi) is 7.76. The van der Waals surface area contributed by atoms with Gasteiger partial charge in [0.25, 0.3) is 0 Å². The Morgan fingerprint density at radius 2 is 1.55 bits per heavy atom. The first-order chi connectivity index (χ1) is 14.1. The van der Waals surface area contributed by atoms with Crippen molar-refractivity contribution in [1.82, 2.24) is 4.90 Å². The molecule has 0 heterocycles. The molecule has 3 heteroatoms. The molecular formula is C26H35NO2. The largest absolute Gasteiger partial charge is 0.508 e. The van der Waals surface area contributed by atoms with Crippen LogP contribution in [-0.2, 0) is 0 Å². The van der Waals surface area contributed by atoms with Crippen LogP contribution in [0.2, 0.25) is 0 Å². The quantitative estimate of drug-likeness (QED) is 0.521. The highest BCUT2D eigenvalue weighted by atomic mass is 16.5. The van der Waals surface area contributed by atoms with Gasteiger partial charge in [-0.05, 0) is 86.7 Å². The van der Waals surface area contributed by atoms with E-state index in [2.05, 4.69) is 50.2 Å². The molecule has 0 spiro atoms.